The number of rotatable bonds is 5. The number of hydrogen-bond donors (Lipinski definition) is 0. The molecule has 8 heteroatoms. The first-order valence-corrected chi connectivity index (χ1v) is 10.1. The van der Waals surface area contributed by atoms with E-state index in [1.54, 1.807) is 26.0 Å². The van der Waals surface area contributed by atoms with E-state index in [0.717, 1.165) is 26.7 Å². The summed E-state index contributed by atoms with van der Waals surface area (Å²) >= 11 is 9.67. The Hall–Kier alpha value is -1.90. The summed E-state index contributed by atoms with van der Waals surface area (Å²) in [7, 11) is 0. The molecule has 1 fully saturated rings. The standard InChI is InChI=1S/C19H16BrNO4S2/c1-10(2)16(18(23)24)21-17(22)15(27-19(21)26)9-13-7-8-14(25-13)11-3-5-12(20)6-4-11/h3-10,16H,1-2H3,(H,23,24)/p-1/b15-9+/t16-/m0/s1. The lowest BCUT2D eigenvalue weighted by Gasteiger charge is -2.30. The highest BCUT2D eigenvalue weighted by atomic mass is 79.9. The summed E-state index contributed by atoms with van der Waals surface area (Å²) in [4.78, 5) is 25.6. The normalized spacial score (nSPS) is 17.2. The Balaban J connectivity index is 1.86. The van der Waals surface area contributed by atoms with Gasteiger partial charge in [-0.25, -0.2) is 0 Å². The van der Waals surface area contributed by atoms with Crippen molar-refractivity contribution in [2.75, 3.05) is 0 Å². The summed E-state index contributed by atoms with van der Waals surface area (Å²) in [6.07, 6.45) is 1.58. The molecule has 0 radical (unpaired) electrons. The molecule has 0 aliphatic carbocycles. The monoisotopic (exact) mass is 464 g/mol. The molecule has 2 heterocycles. The van der Waals surface area contributed by atoms with Crippen LogP contribution in [-0.2, 0) is 9.59 Å². The largest absolute Gasteiger partial charge is 0.548 e. The molecule has 0 N–H and O–H groups in total. The molecule has 2 aromatic rings. The summed E-state index contributed by atoms with van der Waals surface area (Å²) in [5.41, 5.74) is 0.905. The summed E-state index contributed by atoms with van der Waals surface area (Å²) in [5.74, 6) is -0.945. The first-order chi connectivity index (χ1) is 12.8. The Bertz CT molecular complexity index is 933. The van der Waals surface area contributed by atoms with Crippen LogP contribution in [0.15, 0.2) is 50.2 Å². The molecule has 1 saturated heterocycles. The van der Waals surface area contributed by atoms with E-state index >= 15 is 0 Å². The van der Waals surface area contributed by atoms with Crippen LogP contribution < -0.4 is 5.11 Å². The number of carboxylic acid groups (broad SMARTS) is 1. The molecule has 1 aliphatic heterocycles. The van der Waals surface area contributed by atoms with Crippen LogP contribution in [0.2, 0.25) is 0 Å². The number of thiocarbonyl (C=S) groups is 1. The number of carbonyl (C=O) groups is 2. The second-order valence-electron chi connectivity index (χ2n) is 6.27. The number of furan rings is 1. The molecule has 1 aromatic heterocycles. The molecule has 5 nitrogen and oxygen atoms in total. The third-order valence-electron chi connectivity index (χ3n) is 4.00. The molecule has 0 bridgehead atoms. The van der Waals surface area contributed by atoms with Crippen LogP contribution in [-0.4, -0.2) is 27.1 Å². The Morgan fingerprint density at radius 2 is 1.93 bits per heavy atom. The molecule has 0 saturated carbocycles. The van der Waals surface area contributed by atoms with E-state index in [1.165, 1.54) is 0 Å². The molecule has 1 atom stereocenters. The zero-order valence-electron chi connectivity index (χ0n) is 14.5. The zero-order chi connectivity index (χ0) is 19.7. The van der Waals surface area contributed by atoms with Gasteiger partial charge in [0.25, 0.3) is 5.91 Å². The van der Waals surface area contributed by atoms with Gasteiger partial charge in [-0.3, -0.25) is 9.69 Å². The first kappa shape index (κ1) is 19.9. The molecular weight excluding hydrogens is 450 g/mol. The van der Waals surface area contributed by atoms with Crippen LogP contribution in [0.1, 0.15) is 19.6 Å². The maximum Gasteiger partial charge on any atom is 0.266 e. The van der Waals surface area contributed by atoms with Crippen LogP contribution in [0.3, 0.4) is 0 Å². The fourth-order valence-electron chi connectivity index (χ4n) is 2.72. The molecule has 0 spiro atoms. The summed E-state index contributed by atoms with van der Waals surface area (Å²) in [5, 5.41) is 11.5. The average Bonchev–Trinajstić information content (AvgIpc) is 3.16. The van der Waals surface area contributed by atoms with E-state index in [1.807, 2.05) is 30.3 Å². The number of aliphatic carboxylic acids is 1. The van der Waals surface area contributed by atoms with Gasteiger partial charge in [0.1, 0.15) is 15.8 Å². The fourth-order valence-corrected chi connectivity index (χ4v) is 4.30. The van der Waals surface area contributed by atoms with Gasteiger partial charge < -0.3 is 14.3 Å². The van der Waals surface area contributed by atoms with Gasteiger partial charge in [-0.05, 0) is 30.2 Å². The van der Waals surface area contributed by atoms with Gasteiger partial charge in [-0.2, -0.15) is 0 Å². The molecule has 27 heavy (non-hydrogen) atoms. The SMILES string of the molecule is CC(C)[C@@H](C(=O)[O-])N1C(=O)/C(=C\c2ccc(-c3ccc(Br)cc3)o2)SC1=S. The minimum atomic E-state index is -1.32. The van der Waals surface area contributed by atoms with E-state index in [9.17, 15) is 14.7 Å². The quantitative estimate of drug-likeness (QED) is 0.496. The smallest absolute Gasteiger partial charge is 0.266 e. The van der Waals surface area contributed by atoms with Crippen LogP contribution >= 0.6 is 39.9 Å². The number of carboxylic acids is 1. The number of hydrogen-bond acceptors (Lipinski definition) is 6. The van der Waals surface area contributed by atoms with Gasteiger partial charge >= 0.3 is 0 Å². The number of carbonyl (C=O) groups excluding carboxylic acids is 2. The van der Waals surface area contributed by atoms with Crippen molar-refractivity contribution in [3.05, 3.63) is 51.5 Å². The summed E-state index contributed by atoms with van der Waals surface area (Å²) in [6, 6.07) is 10.1. The van der Waals surface area contributed by atoms with Crippen LogP contribution in [0, 0.1) is 5.92 Å². The molecule has 1 aromatic carbocycles. The first-order valence-electron chi connectivity index (χ1n) is 8.11. The summed E-state index contributed by atoms with van der Waals surface area (Å²) < 4.78 is 6.97. The van der Waals surface area contributed by atoms with Crippen molar-refractivity contribution in [1.82, 2.24) is 4.90 Å². The predicted molar refractivity (Wildman–Crippen MR) is 110 cm³/mol. The Kier molecular flexibility index (Phi) is 5.88. The topological polar surface area (TPSA) is 73.6 Å². The number of nitrogens with zero attached hydrogens (tertiary/aromatic N) is 1. The lowest BCUT2D eigenvalue weighted by Crippen LogP contribution is -2.52. The van der Waals surface area contributed by atoms with Crippen molar-refractivity contribution in [3.63, 3.8) is 0 Å². The highest BCUT2D eigenvalue weighted by molar-refractivity contribution is 9.10. The fraction of sp³-hybridized carbons (Fsp3) is 0.211. The second-order valence-corrected chi connectivity index (χ2v) is 8.86. The van der Waals surface area contributed by atoms with Crippen molar-refractivity contribution in [1.29, 1.82) is 0 Å². The van der Waals surface area contributed by atoms with Gasteiger partial charge in [0.2, 0.25) is 0 Å². The molecular formula is C19H15BrNO4S2-. The zero-order valence-corrected chi connectivity index (χ0v) is 17.7. The molecule has 1 amide bonds. The van der Waals surface area contributed by atoms with E-state index in [0.29, 0.717) is 16.4 Å². The van der Waals surface area contributed by atoms with Crippen molar-refractivity contribution in [2.24, 2.45) is 5.92 Å². The van der Waals surface area contributed by atoms with Crippen molar-refractivity contribution in [2.45, 2.75) is 19.9 Å². The van der Waals surface area contributed by atoms with Gasteiger partial charge in [-0.15, -0.1) is 0 Å². The Morgan fingerprint density at radius 3 is 2.52 bits per heavy atom. The number of benzene rings is 1. The number of halogens is 1. The number of thioether (sulfide) groups is 1. The highest BCUT2D eigenvalue weighted by Gasteiger charge is 2.39. The minimum Gasteiger partial charge on any atom is -0.548 e. The van der Waals surface area contributed by atoms with Crippen molar-refractivity contribution < 1.29 is 19.1 Å². The Labute approximate surface area is 174 Å². The van der Waals surface area contributed by atoms with Crippen LogP contribution in [0.25, 0.3) is 17.4 Å². The highest BCUT2D eigenvalue weighted by Crippen LogP contribution is 2.36. The molecule has 140 valence electrons. The predicted octanol–water partition coefficient (Wildman–Crippen LogP) is 3.68. The van der Waals surface area contributed by atoms with Crippen LogP contribution in [0.5, 0.6) is 0 Å². The van der Waals surface area contributed by atoms with E-state index in [2.05, 4.69) is 15.9 Å². The van der Waals surface area contributed by atoms with Crippen molar-refractivity contribution in [3.8, 4) is 11.3 Å². The van der Waals surface area contributed by atoms with E-state index in [-0.39, 0.29) is 10.2 Å². The second kappa shape index (κ2) is 8.00. The molecule has 3 rings (SSSR count). The van der Waals surface area contributed by atoms with Crippen molar-refractivity contribution >= 4 is 62.2 Å². The molecule has 0 unspecified atom stereocenters. The maximum atomic E-state index is 12.7. The maximum absolute atomic E-state index is 12.7. The minimum absolute atomic E-state index is 0.203. The van der Waals surface area contributed by atoms with E-state index < -0.39 is 17.9 Å². The van der Waals surface area contributed by atoms with Gasteiger partial charge in [0, 0.05) is 16.1 Å². The Morgan fingerprint density at radius 1 is 1.26 bits per heavy atom. The third kappa shape index (κ3) is 4.17. The number of amides is 1. The average molecular weight is 465 g/mol. The molecule has 1 aliphatic rings. The lowest BCUT2D eigenvalue weighted by molar-refractivity contribution is -0.311. The van der Waals surface area contributed by atoms with Gasteiger partial charge in [0.15, 0.2) is 0 Å². The summed E-state index contributed by atoms with van der Waals surface area (Å²) in [6.45, 7) is 3.42. The third-order valence-corrected chi connectivity index (χ3v) is 5.86. The van der Waals surface area contributed by atoms with Crippen LogP contribution in [0.4, 0.5) is 0 Å². The van der Waals surface area contributed by atoms with Gasteiger partial charge in [0.05, 0.1) is 16.9 Å². The van der Waals surface area contributed by atoms with E-state index in [4.69, 9.17) is 16.6 Å². The lowest BCUT2D eigenvalue weighted by atomic mass is 10.0. The van der Waals surface area contributed by atoms with Gasteiger partial charge in [-0.1, -0.05) is 65.9 Å².